The van der Waals surface area contributed by atoms with Crippen LogP contribution in [0.2, 0.25) is 0 Å². The van der Waals surface area contributed by atoms with Crippen molar-refractivity contribution in [2.45, 2.75) is 39.8 Å². The van der Waals surface area contributed by atoms with Crippen LogP contribution >= 0.6 is 0 Å². The highest BCUT2D eigenvalue weighted by molar-refractivity contribution is 5.96. The van der Waals surface area contributed by atoms with Gasteiger partial charge in [0.2, 0.25) is 5.91 Å². The number of imide groups is 1. The van der Waals surface area contributed by atoms with Crippen molar-refractivity contribution in [2.24, 2.45) is 5.41 Å². The maximum absolute atomic E-state index is 12.3. The highest BCUT2D eigenvalue weighted by Crippen LogP contribution is 2.20. The second-order valence-corrected chi connectivity index (χ2v) is 5.26. The fourth-order valence-electron chi connectivity index (χ4n) is 1.46. The summed E-state index contributed by atoms with van der Waals surface area (Å²) >= 11 is 0. The van der Waals surface area contributed by atoms with Crippen molar-refractivity contribution in [2.75, 3.05) is 13.1 Å². The third-order valence-electron chi connectivity index (χ3n) is 2.58. The third-order valence-corrected chi connectivity index (χ3v) is 2.58. The lowest BCUT2D eigenvalue weighted by molar-refractivity contribution is -0.149. The van der Waals surface area contributed by atoms with Crippen LogP contribution in [0.5, 0.6) is 0 Å². The van der Waals surface area contributed by atoms with Crippen LogP contribution in [-0.4, -0.2) is 47.2 Å². The van der Waals surface area contributed by atoms with Crippen molar-refractivity contribution >= 4 is 17.9 Å². The number of rotatable bonds is 6. The van der Waals surface area contributed by atoms with Crippen LogP contribution in [0.3, 0.4) is 0 Å². The van der Waals surface area contributed by atoms with E-state index in [9.17, 15) is 27.6 Å². The van der Waals surface area contributed by atoms with Crippen molar-refractivity contribution in [3.05, 3.63) is 0 Å². The van der Waals surface area contributed by atoms with Gasteiger partial charge in [0, 0.05) is 13.0 Å². The van der Waals surface area contributed by atoms with Crippen molar-refractivity contribution < 1.29 is 32.7 Å². The minimum atomic E-state index is -4.57. The van der Waals surface area contributed by atoms with Gasteiger partial charge >= 0.3 is 18.2 Å². The first-order valence-corrected chi connectivity index (χ1v) is 6.28. The molecule has 0 aromatic rings. The molecule has 2 N–H and O–H groups in total. The van der Waals surface area contributed by atoms with Gasteiger partial charge in [-0.25, -0.2) is 4.79 Å². The molecule has 0 aromatic carbocycles. The summed E-state index contributed by atoms with van der Waals surface area (Å²) in [7, 11) is 0. The number of amides is 3. The van der Waals surface area contributed by atoms with Crippen LogP contribution in [0.1, 0.15) is 33.6 Å². The van der Waals surface area contributed by atoms with E-state index >= 15 is 0 Å². The van der Waals surface area contributed by atoms with Crippen LogP contribution in [0.15, 0.2) is 0 Å². The summed E-state index contributed by atoms with van der Waals surface area (Å²) in [6, 6.07) is -1.18. The topological polar surface area (TPSA) is 86.7 Å². The Morgan fingerprint density at radius 3 is 2.10 bits per heavy atom. The summed E-state index contributed by atoms with van der Waals surface area (Å²) in [4.78, 5) is 34.5. The molecule has 0 aliphatic rings. The van der Waals surface area contributed by atoms with Crippen molar-refractivity contribution in [1.82, 2.24) is 10.2 Å². The first-order chi connectivity index (χ1) is 9.39. The number of halogens is 3. The van der Waals surface area contributed by atoms with E-state index < -0.39 is 42.5 Å². The SMILES string of the molecule is CCCN(CC(F)(F)F)C(=O)NC(=O)CC(C)(C)C(=O)O. The highest BCUT2D eigenvalue weighted by atomic mass is 19.4. The van der Waals surface area contributed by atoms with E-state index in [1.165, 1.54) is 13.8 Å². The molecule has 0 rings (SSSR count). The Kier molecular flexibility index (Phi) is 6.65. The molecular weight excluding hydrogens is 293 g/mol. The second kappa shape index (κ2) is 7.28. The Hall–Kier alpha value is -1.80. The number of hydrogen-bond acceptors (Lipinski definition) is 3. The highest BCUT2D eigenvalue weighted by Gasteiger charge is 2.34. The molecule has 0 aromatic heterocycles. The molecule has 0 saturated heterocycles. The summed E-state index contributed by atoms with van der Waals surface area (Å²) in [5.74, 6) is -2.18. The number of nitrogens with zero attached hydrogens (tertiary/aromatic N) is 1. The molecule has 0 bridgehead atoms. The Bertz CT molecular complexity index is 408. The summed E-state index contributed by atoms with van der Waals surface area (Å²) in [6.45, 7) is 2.51. The third kappa shape index (κ3) is 7.52. The maximum Gasteiger partial charge on any atom is 0.406 e. The number of carbonyl (C=O) groups is 3. The zero-order chi connectivity index (χ0) is 16.8. The van der Waals surface area contributed by atoms with E-state index in [-0.39, 0.29) is 13.0 Å². The van der Waals surface area contributed by atoms with E-state index in [1.54, 1.807) is 12.2 Å². The van der Waals surface area contributed by atoms with Gasteiger partial charge in [-0.2, -0.15) is 13.2 Å². The summed E-state index contributed by atoms with van der Waals surface area (Å²) in [5.41, 5.74) is -1.41. The molecule has 0 unspecified atom stereocenters. The number of alkyl halides is 3. The molecule has 0 radical (unpaired) electrons. The molecular formula is C12H19F3N2O4. The minimum absolute atomic E-state index is 0.166. The van der Waals surface area contributed by atoms with Gasteiger partial charge in [0.25, 0.3) is 0 Å². The zero-order valence-corrected chi connectivity index (χ0v) is 12.1. The quantitative estimate of drug-likeness (QED) is 0.785. The molecule has 122 valence electrons. The van der Waals surface area contributed by atoms with Crippen LogP contribution in [0.4, 0.5) is 18.0 Å². The fourth-order valence-corrected chi connectivity index (χ4v) is 1.46. The van der Waals surface area contributed by atoms with E-state index in [0.717, 1.165) is 0 Å². The van der Waals surface area contributed by atoms with Gasteiger partial charge in [-0.1, -0.05) is 6.92 Å². The molecule has 0 fully saturated rings. The van der Waals surface area contributed by atoms with Gasteiger partial charge in [-0.15, -0.1) is 0 Å². The number of carboxylic acid groups (broad SMARTS) is 1. The first kappa shape index (κ1) is 19.2. The van der Waals surface area contributed by atoms with Gasteiger partial charge in [0.1, 0.15) is 6.54 Å². The number of urea groups is 1. The van der Waals surface area contributed by atoms with Crippen LogP contribution < -0.4 is 5.32 Å². The number of carboxylic acids is 1. The largest absolute Gasteiger partial charge is 0.481 e. The Labute approximate surface area is 120 Å². The molecule has 9 heteroatoms. The van der Waals surface area contributed by atoms with Crippen LogP contribution in [-0.2, 0) is 9.59 Å². The molecule has 6 nitrogen and oxygen atoms in total. The van der Waals surface area contributed by atoms with Gasteiger partial charge in [-0.05, 0) is 20.3 Å². The van der Waals surface area contributed by atoms with Crippen molar-refractivity contribution in [1.29, 1.82) is 0 Å². The lowest BCUT2D eigenvalue weighted by Gasteiger charge is -2.24. The minimum Gasteiger partial charge on any atom is -0.481 e. The smallest absolute Gasteiger partial charge is 0.406 e. The first-order valence-electron chi connectivity index (χ1n) is 6.28. The van der Waals surface area contributed by atoms with Gasteiger partial charge in [0.05, 0.1) is 5.41 Å². The number of hydrogen-bond donors (Lipinski definition) is 2. The van der Waals surface area contributed by atoms with E-state index in [2.05, 4.69) is 0 Å². The number of aliphatic carboxylic acids is 1. The summed E-state index contributed by atoms with van der Waals surface area (Å²) < 4.78 is 37.0. The second-order valence-electron chi connectivity index (χ2n) is 5.26. The van der Waals surface area contributed by atoms with Crippen LogP contribution in [0, 0.1) is 5.41 Å². The normalized spacial score (nSPS) is 11.9. The lowest BCUT2D eigenvalue weighted by Crippen LogP contribution is -2.48. The fraction of sp³-hybridized carbons (Fsp3) is 0.750. The molecule has 21 heavy (non-hydrogen) atoms. The predicted octanol–water partition coefficient (Wildman–Crippen LogP) is 2.00. The van der Waals surface area contributed by atoms with E-state index in [4.69, 9.17) is 5.11 Å². The Balaban J connectivity index is 4.69. The Morgan fingerprint density at radius 2 is 1.71 bits per heavy atom. The molecule has 3 amide bonds. The summed E-state index contributed by atoms with van der Waals surface area (Å²) in [6.07, 6.45) is -4.80. The summed E-state index contributed by atoms with van der Waals surface area (Å²) in [5, 5.41) is 10.6. The monoisotopic (exact) mass is 312 g/mol. The lowest BCUT2D eigenvalue weighted by atomic mass is 9.89. The molecule has 0 atom stereocenters. The maximum atomic E-state index is 12.3. The van der Waals surface area contributed by atoms with Crippen molar-refractivity contribution in [3.63, 3.8) is 0 Å². The average molecular weight is 312 g/mol. The van der Waals surface area contributed by atoms with Gasteiger partial charge in [0.15, 0.2) is 0 Å². The zero-order valence-electron chi connectivity index (χ0n) is 12.1. The number of carbonyl (C=O) groups excluding carboxylic acids is 2. The standard InChI is InChI=1S/C12H19F3N2O4/c1-4-5-17(7-12(13,14)15)10(21)16-8(18)6-11(2,3)9(19)20/h4-7H2,1-3H3,(H,19,20)(H,16,18,21). The molecule has 0 heterocycles. The van der Waals surface area contributed by atoms with Crippen LogP contribution in [0.25, 0.3) is 0 Å². The predicted molar refractivity (Wildman–Crippen MR) is 67.5 cm³/mol. The molecule has 0 aliphatic carbocycles. The van der Waals surface area contributed by atoms with E-state index in [1.807, 2.05) is 0 Å². The molecule has 0 aliphatic heterocycles. The van der Waals surface area contributed by atoms with Crippen molar-refractivity contribution in [3.8, 4) is 0 Å². The molecule has 0 spiro atoms. The van der Waals surface area contributed by atoms with Gasteiger partial charge in [-0.3, -0.25) is 14.9 Å². The Morgan fingerprint density at radius 1 is 1.19 bits per heavy atom. The van der Waals surface area contributed by atoms with Gasteiger partial charge < -0.3 is 10.0 Å². The average Bonchev–Trinajstić information content (AvgIpc) is 2.25. The van der Waals surface area contributed by atoms with E-state index in [0.29, 0.717) is 4.90 Å². The number of nitrogens with one attached hydrogen (secondary N) is 1. The molecule has 0 saturated carbocycles.